The highest BCUT2D eigenvalue weighted by Gasteiger charge is 2.28. The van der Waals surface area contributed by atoms with Gasteiger partial charge in [0.25, 0.3) is 5.91 Å². The summed E-state index contributed by atoms with van der Waals surface area (Å²) in [6.07, 6.45) is 0. The first-order chi connectivity index (χ1) is 18.0. The molecule has 9 nitrogen and oxygen atoms in total. The maximum absolute atomic E-state index is 12.9. The van der Waals surface area contributed by atoms with Gasteiger partial charge >= 0.3 is 5.97 Å². The molecule has 10 heteroatoms. The Hall–Kier alpha value is -4.15. The summed E-state index contributed by atoms with van der Waals surface area (Å²) >= 11 is 0. The van der Waals surface area contributed by atoms with Crippen LogP contribution in [0.15, 0.2) is 76.0 Å². The minimum atomic E-state index is -4.01. The first kappa shape index (κ1) is 26.9. The molecular formula is C28H28N2O7S. The van der Waals surface area contributed by atoms with Crippen molar-refractivity contribution in [1.82, 2.24) is 4.72 Å². The molecule has 3 N–H and O–H groups in total. The van der Waals surface area contributed by atoms with E-state index in [9.17, 15) is 23.1 Å². The van der Waals surface area contributed by atoms with Crippen LogP contribution < -0.4 is 14.8 Å². The van der Waals surface area contributed by atoms with Gasteiger partial charge in [-0.3, -0.25) is 9.59 Å². The van der Waals surface area contributed by atoms with E-state index in [0.717, 1.165) is 16.5 Å². The van der Waals surface area contributed by atoms with Crippen molar-refractivity contribution < 1.29 is 32.3 Å². The largest absolute Gasteiger partial charge is 0.496 e. The second kappa shape index (κ2) is 10.7. The summed E-state index contributed by atoms with van der Waals surface area (Å²) in [5.41, 5.74) is 3.35. The number of sulfonamides is 1. The number of ether oxygens (including phenoxy) is 1. The fourth-order valence-corrected chi connectivity index (χ4v) is 5.46. The maximum Gasteiger partial charge on any atom is 0.322 e. The minimum absolute atomic E-state index is 0.0325. The third-order valence-corrected chi connectivity index (χ3v) is 7.65. The molecule has 1 unspecified atom stereocenters. The van der Waals surface area contributed by atoms with Crippen molar-refractivity contribution in [3.63, 3.8) is 0 Å². The smallest absolute Gasteiger partial charge is 0.322 e. The molecule has 0 fully saturated rings. The number of aryl methyl sites for hydroxylation is 1. The second-order valence-corrected chi connectivity index (χ2v) is 10.8. The molecule has 1 heterocycles. The van der Waals surface area contributed by atoms with E-state index in [4.69, 9.17) is 9.15 Å². The van der Waals surface area contributed by atoms with Crippen molar-refractivity contribution in [1.29, 1.82) is 0 Å². The number of hydrogen-bond donors (Lipinski definition) is 3. The predicted octanol–water partition coefficient (Wildman–Crippen LogP) is 5.06. The Morgan fingerprint density at radius 1 is 0.947 bits per heavy atom. The average molecular weight is 537 g/mol. The van der Waals surface area contributed by atoms with Crippen molar-refractivity contribution in [3.8, 4) is 16.9 Å². The van der Waals surface area contributed by atoms with Crippen LogP contribution in [0.4, 0.5) is 5.69 Å². The van der Waals surface area contributed by atoms with Crippen LogP contribution in [0.25, 0.3) is 22.1 Å². The normalized spacial score (nSPS) is 12.4. The van der Waals surface area contributed by atoms with E-state index < -0.39 is 33.9 Å². The van der Waals surface area contributed by atoms with Gasteiger partial charge in [-0.25, -0.2) is 8.42 Å². The van der Waals surface area contributed by atoms with Gasteiger partial charge in [-0.2, -0.15) is 4.72 Å². The lowest BCUT2D eigenvalue weighted by Crippen LogP contribution is -2.44. The third-order valence-electron chi connectivity index (χ3n) is 6.20. The molecule has 198 valence electrons. The number of carbonyl (C=O) groups excluding carboxylic acids is 1. The number of furan rings is 1. The van der Waals surface area contributed by atoms with Crippen LogP contribution >= 0.6 is 0 Å². The van der Waals surface area contributed by atoms with Gasteiger partial charge in [-0.15, -0.1) is 0 Å². The van der Waals surface area contributed by atoms with Crippen molar-refractivity contribution in [2.45, 2.75) is 31.7 Å². The van der Waals surface area contributed by atoms with Gasteiger partial charge in [0.1, 0.15) is 17.4 Å². The molecular weight excluding hydrogens is 508 g/mol. The standard InChI is InChI=1S/C28H28N2O7S/c1-16(2)25(28(32)33)30-38(34,35)21-14-10-19(11-15-21)18-8-12-20(13-9-18)29-27(31)26-17(3)24-22(36-4)6-5-7-23(24)37-26/h5-16,25,30H,1-4H3,(H,29,31)(H,32,33). The van der Waals surface area contributed by atoms with E-state index in [1.54, 1.807) is 76.4 Å². The Morgan fingerprint density at radius 2 is 1.55 bits per heavy atom. The van der Waals surface area contributed by atoms with Gasteiger partial charge in [0.2, 0.25) is 10.0 Å². The number of hydrogen-bond acceptors (Lipinski definition) is 6. The molecule has 1 amide bonds. The molecule has 0 saturated heterocycles. The zero-order valence-corrected chi connectivity index (χ0v) is 22.1. The number of aliphatic carboxylic acids is 1. The number of fused-ring (bicyclic) bond motifs is 1. The fourth-order valence-electron chi connectivity index (χ4n) is 4.12. The Kier molecular flexibility index (Phi) is 7.56. The molecule has 0 saturated carbocycles. The minimum Gasteiger partial charge on any atom is -0.496 e. The monoisotopic (exact) mass is 536 g/mol. The molecule has 3 aromatic carbocycles. The van der Waals surface area contributed by atoms with Crippen LogP contribution in [-0.2, 0) is 14.8 Å². The summed E-state index contributed by atoms with van der Waals surface area (Å²) in [4.78, 5) is 24.3. The van der Waals surface area contributed by atoms with Gasteiger partial charge in [0.05, 0.1) is 17.4 Å². The van der Waals surface area contributed by atoms with Crippen LogP contribution in [0.5, 0.6) is 5.75 Å². The van der Waals surface area contributed by atoms with Crippen molar-refractivity contribution in [2.24, 2.45) is 5.92 Å². The van der Waals surface area contributed by atoms with E-state index in [-0.39, 0.29) is 10.7 Å². The summed E-state index contributed by atoms with van der Waals surface area (Å²) in [6.45, 7) is 5.06. The highest BCUT2D eigenvalue weighted by atomic mass is 32.2. The van der Waals surface area contributed by atoms with Gasteiger partial charge < -0.3 is 19.6 Å². The van der Waals surface area contributed by atoms with E-state index >= 15 is 0 Å². The molecule has 0 aliphatic carbocycles. The van der Waals surface area contributed by atoms with E-state index in [0.29, 0.717) is 22.6 Å². The predicted molar refractivity (Wildman–Crippen MR) is 144 cm³/mol. The lowest BCUT2D eigenvalue weighted by Gasteiger charge is -2.18. The van der Waals surface area contributed by atoms with Gasteiger partial charge in [-0.1, -0.05) is 44.2 Å². The van der Waals surface area contributed by atoms with Crippen molar-refractivity contribution in [2.75, 3.05) is 12.4 Å². The van der Waals surface area contributed by atoms with Crippen LogP contribution in [0, 0.1) is 12.8 Å². The van der Waals surface area contributed by atoms with E-state index in [2.05, 4.69) is 10.0 Å². The topological polar surface area (TPSA) is 135 Å². The Morgan fingerprint density at radius 3 is 2.11 bits per heavy atom. The highest BCUT2D eigenvalue weighted by molar-refractivity contribution is 7.89. The first-order valence-electron chi connectivity index (χ1n) is 11.8. The first-order valence-corrected chi connectivity index (χ1v) is 13.3. The van der Waals surface area contributed by atoms with Gasteiger partial charge in [-0.05, 0) is 60.4 Å². The summed E-state index contributed by atoms with van der Waals surface area (Å²) in [5, 5.41) is 12.9. The second-order valence-electron chi connectivity index (χ2n) is 9.13. The molecule has 0 radical (unpaired) electrons. The summed E-state index contributed by atoms with van der Waals surface area (Å²) in [6, 6.07) is 17.3. The van der Waals surface area contributed by atoms with E-state index in [1.165, 1.54) is 12.1 Å². The SMILES string of the molecule is COc1cccc2oc(C(=O)Nc3ccc(-c4ccc(S(=O)(=O)NC(C(=O)O)C(C)C)cc4)cc3)c(C)c12. The number of methoxy groups -OCH3 is 1. The fraction of sp³-hybridized carbons (Fsp3) is 0.214. The van der Waals surface area contributed by atoms with Gasteiger partial charge in [0, 0.05) is 11.3 Å². The average Bonchev–Trinajstić information content (AvgIpc) is 3.24. The van der Waals surface area contributed by atoms with Crippen LogP contribution in [-0.4, -0.2) is 38.6 Å². The molecule has 0 spiro atoms. The van der Waals surface area contributed by atoms with Crippen LogP contribution in [0.2, 0.25) is 0 Å². The molecule has 0 aliphatic rings. The lowest BCUT2D eigenvalue weighted by molar-refractivity contribution is -0.140. The number of carbonyl (C=O) groups is 2. The molecule has 1 atom stereocenters. The van der Waals surface area contributed by atoms with Crippen LogP contribution in [0.3, 0.4) is 0 Å². The number of rotatable bonds is 9. The zero-order chi connectivity index (χ0) is 27.6. The molecule has 1 aromatic heterocycles. The summed E-state index contributed by atoms with van der Waals surface area (Å²) < 4.78 is 38.7. The van der Waals surface area contributed by atoms with E-state index in [1.807, 2.05) is 6.07 Å². The quantitative estimate of drug-likeness (QED) is 0.272. The molecule has 4 aromatic rings. The highest BCUT2D eigenvalue weighted by Crippen LogP contribution is 2.33. The summed E-state index contributed by atoms with van der Waals surface area (Å²) in [5.74, 6) is -1.22. The maximum atomic E-state index is 12.9. The van der Waals surface area contributed by atoms with Crippen molar-refractivity contribution in [3.05, 3.63) is 78.1 Å². The lowest BCUT2D eigenvalue weighted by atomic mass is 10.1. The van der Waals surface area contributed by atoms with Crippen molar-refractivity contribution >= 4 is 38.6 Å². The molecule has 0 aliphatic heterocycles. The number of anilines is 1. The molecule has 0 bridgehead atoms. The number of carboxylic acid groups (broad SMARTS) is 1. The Balaban J connectivity index is 1.48. The van der Waals surface area contributed by atoms with Gasteiger partial charge in [0.15, 0.2) is 5.76 Å². The third kappa shape index (κ3) is 5.41. The molecule has 38 heavy (non-hydrogen) atoms. The Bertz CT molecular complexity index is 1590. The number of nitrogens with one attached hydrogen (secondary N) is 2. The Labute approximate surface area is 220 Å². The summed E-state index contributed by atoms with van der Waals surface area (Å²) in [7, 11) is -2.45. The number of carboxylic acids is 1. The number of amides is 1. The number of benzene rings is 3. The van der Waals surface area contributed by atoms with Crippen LogP contribution in [0.1, 0.15) is 30.0 Å². The zero-order valence-electron chi connectivity index (χ0n) is 21.3. The molecule has 4 rings (SSSR count).